The van der Waals surface area contributed by atoms with Gasteiger partial charge in [0.15, 0.2) is 0 Å². The number of pyridine rings is 2. The fraction of sp³-hybridized carbons (Fsp3) is 0.355. The molecule has 1 saturated carbocycles. The SMILES string of the molecule is CNC(=O)c1c(-c2ccc(F)cc2)oc2nc(CCC(F)(F)F)c(-c3cnc(OC)c(C(=O)NC4(C)CC(C)C4)c3)cc12. The number of furan rings is 1. The zero-order valence-electron chi connectivity index (χ0n) is 24.0. The maximum atomic E-state index is 13.6. The average Bonchev–Trinajstić information content (AvgIpc) is 3.32. The molecule has 4 aromatic rings. The van der Waals surface area contributed by atoms with E-state index >= 15 is 0 Å². The van der Waals surface area contributed by atoms with E-state index in [1.165, 1.54) is 56.8 Å². The summed E-state index contributed by atoms with van der Waals surface area (Å²) >= 11 is 0. The summed E-state index contributed by atoms with van der Waals surface area (Å²) in [7, 11) is 2.79. The van der Waals surface area contributed by atoms with Gasteiger partial charge in [0, 0.05) is 41.9 Å². The normalized spacial score (nSPS) is 18.3. The number of amides is 2. The molecule has 8 nitrogen and oxygen atoms in total. The molecule has 12 heteroatoms. The van der Waals surface area contributed by atoms with Crippen LogP contribution in [0.1, 0.15) is 59.5 Å². The van der Waals surface area contributed by atoms with Crippen LogP contribution in [-0.4, -0.2) is 47.7 Å². The number of nitrogens with one attached hydrogen (secondary N) is 2. The molecule has 0 bridgehead atoms. The molecule has 3 aromatic heterocycles. The van der Waals surface area contributed by atoms with Gasteiger partial charge >= 0.3 is 6.18 Å². The van der Waals surface area contributed by atoms with E-state index in [9.17, 15) is 27.2 Å². The van der Waals surface area contributed by atoms with Crippen LogP contribution in [0.5, 0.6) is 5.88 Å². The number of methoxy groups -OCH3 is 1. The van der Waals surface area contributed by atoms with E-state index in [0.717, 1.165) is 12.8 Å². The monoisotopic (exact) mass is 598 g/mol. The summed E-state index contributed by atoms with van der Waals surface area (Å²) < 4.78 is 64.9. The highest BCUT2D eigenvalue weighted by Crippen LogP contribution is 2.39. The summed E-state index contributed by atoms with van der Waals surface area (Å²) in [5.74, 6) is -0.865. The molecule has 226 valence electrons. The number of rotatable bonds is 8. The molecule has 2 amide bonds. The number of hydrogen-bond donors (Lipinski definition) is 2. The van der Waals surface area contributed by atoms with Gasteiger partial charge in [-0.1, -0.05) is 6.92 Å². The number of carbonyl (C=O) groups excluding carboxylic acids is 2. The highest BCUT2D eigenvalue weighted by atomic mass is 19.4. The lowest BCUT2D eigenvalue weighted by molar-refractivity contribution is -0.134. The Morgan fingerprint density at radius 1 is 1.12 bits per heavy atom. The van der Waals surface area contributed by atoms with E-state index in [1.807, 2.05) is 6.92 Å². The predicted molar refractivity (Wildman–Crippen MR) is 151 cm³/mol. The molecule has 0 atom stereocenters. The first-order valence-corrected chi connectivity index (χ1v) is 13.7. The van der Waals surface area contributed by atoms with Crippen molar-refractivity contribution in [3.05, 3.63) is 65.2 Å². The van der Waals surface area contributed by atoms with Gasteiger partial charge in [0.1, 0.15) is 17.1 Å². The molecular weight excluding hydrogens is 568 g/mol. The van der Waals surface area contributed by atoms with Gasteiger partial charge in [-0.15, -0.1) is 0 Å². The molecule has 2 N–H and O–H groups in total. The largest absolute Gasteiger partial charge is 0.480 e. The Hall–Kier alpha value is -4.48. The van der Waals surface area contributed by atoms with Gasteiger partial charge in [-0.2, -0.15) is 13.2 Å². The van der Waals surface area contributed by atoms with Crippen molar-refractivity contribution < 1.29 is 36.3 Å². The van der Waals surface area contributed by atoms with Crippen LogP contribution in [-0.2, 0) is 6.42 Å². The van der Waals surface area contributed by atoms with Crippen molar-refractivity contribution in [1.82, 2.24) is 20.6 Å². The smallest absolute Gasteiger partial charge is 0.389 e. The predicted octanol–water partition coefficient (Wildman–Crippen LogP) is 6.48. The first kappa shape index (κ1) is 30.0. The summed E-state index contributed by atoms with van der Waals surface area (Å²) in [6.07, 6.45) is -3.16. The fourth-order valence-electron chi connectivity index (χ4n) is 5.76. The van der Waals surface area contributed by atoms with Gasteiger partial charge in [-0.25, -0.2) is 14.4 Å². The molecule has 0 aliphatic heterocycles. The number of hydrogen-bond acceptors (Lipinski definition) is 6. The van der Waals surface area contributed by atoms with Crippen LogP contribution < -0.4 is 15.4 Å². The van der Waals surface area contributed by atoms with Crippen LogP contribution in [0.4, 0.5) is 17.6 Å². The van der Waals surface area contributed by atoms with Crippen molar-refractivity contribution in [3.63, 3.8) is 0 Å². The zero-order chi connectivity index (χ0) is 31.1. The second kappa shape index (κ2) is 11.3. The molecule has 1 fully saturated rings. The molecule has 0 unspecified atom stereocenters. The van der Waals surface area contributed by atoms with Crippen molar-refractivity contribution in [2.24, 2.45) is 5.92 Å². The molecule has 43 heavy (non-hydrogen) atoms. The summed E-state index contributed by atoms with van der Waals surface area (Å²) in [6.45, 7) is 4.03. The van der Waals surface area contributed by atoms with Crippen molar-refractivity contribution >= 4 is 22.9 Å². The van der Waals surface area contributed by atoms with Gasteiger partial charge in [0.25, 0.3) is 11.8 Å². The highest BCUT2D eigenvalue weighted by Gasteiger charge is 2.39. The van der Waals surface area contributed by atoms with Gasteiger partial charge in [-0.05, 0) is 68.5 Å². The Kier molecular flexibility index (Phi) is 7.89. The van der Waals surface area contributed by atoms with Gasteiger partial charge < -0.3 is 19.8 Å². The first-order valence-electron chi connectivity index (χ1n) is 13.7. The topological polar surface area (TPSA) is 106 Å². The van der Waals surface area contributed by atoms with E-state index in [0.29, 0.717) is 17.0 Å². The average molecular weight is 599 g/mol. The van der Waals surface area contributed by atoms with Gasteiger partial charge in [0.2, 0.25) is 11.6 Å². The molecule has 5 rings (SSSR count). The van der Waals surface area contributed by atoms with E-state index in [4.69, 9.17) is 9.15 Å². The Balaban J connectivity index is 1.68. The van der Waals surface area contributed by atoms with Crippen LogP contribution in [0.3, 0.4) is 0 Å². The molecule has 0 radical (unpaired) electrons. The van der Waals surface area contributed by atoms with Crippen LogP contribution in [0.2, 0.25) is 0 Å². The molecular formula is C31H30F4N4O4. The second-order valence-electron chi connectivity index (χ2n) is 11.2. The summed E-state index contributed by atoms with van der Waals surface area (Å²) in [6, 6.07) is 8.25. The second-order valence-corrected chi connectivity index (χ2v) is 11.2. The lowest BCUT2D eigenvalue weighted by atomic mass is 9.70. The lowest BCUT2D eigenvalue weighted by Gasteiger charge is -2.44. The summed E-state index contributed by atoms with van der Waals surface area (Å²) in [5, 5.41) is 5.79. The number of alkyl halides is 3. The number of benzene rings is 1. The molecule has 1 aliphatic rings. The fourth-order valence-corrected chi connectivity index (χ4v) is 5.76. The number of aromatic nitrogens is 2. The molecule has 0 saturated heterocycles. The van der Waals surface area contributed by atoms with Gasteiger partial charge in [0.05, 0.1) is 23.8 Å². The van der Waals surface area contributed by atoms with E-state index < -0.39 is 42.2 Å². The number of halogens is 4. The number of nitrogens with zero attached hydrogens (tertiary/aromatic N) is 2. The van der Waals surface area contributed by atoms with E-state index in [-0.39, 0.29) is 45.1 Å². The lowest BCUT2D eigenvalue weighted by Crippen LogP contribution is -2.54. The molecule has 1 aromatic carbocycles. The van der Waals surface area contributed by atoms with Crippen molar-refractivity contribution in [3.8, 4) is 28.3 Å². The zero-order valence-corrected chi connectivity index (χ0v) is 24.0. The van der Waals surface area contributed by atoms with Crippen LogP contribution in [0.15, 0.2) is 47.0 Å². The highest BCUT2D eigenvalue weighted by molar-refractivity contribution is 6.11. The summed E-state index contributed by atoms with van der Waals surface area (Å²) in [5.41, 5.74) is 0.667. The van der Waals surface area contributed by atoms with Crippen molar-refractivity contribution in [1.29, 1.82) is 0 Å². The number of aryl methyl sites for hydroxylation is 1. The van der Waals surface area contributed by atoms with E-state index in [2.05, 4.69) is 27.5 Å². The molecule has 1 aliphatic carbocycles. The van der Waals surface area contributed by atoms with Crippen LogP contribution in [0.25, 0.3) is 33.6 Å². The quantitative estimate of drug-likeness (QED) is 0.225. The Morgan fingerprint density at radius 2 is 1.81 bits per heavy atom. The number of carbonyl (C=O) groups is 2. The standard InChI is InChI=1S/C31H30F4N4O4/c1-16-13-30(2,14-16)39-26(40)22-11-18(15-37-28(22)42-4)20-12-21-24(27(41)36-3)25(17-5-7-19(32)8-6-17)43-29(21)38-23(20)9-10-31(33,34)35/h5-8,11-12,15-16H,9-10,13-14H2,1-4H3,(H,36,41)(H,39,40). The Labute approximate surface area is 244 Å². The Bertz CT molecular complexity index is 1690. The minimum Gasteiger partial charge on any atom is -0.480 e. The number of fused-ring (bicyclic) bond motifs is 1. The van der Waals surface area contributed by atoms with Crippen LogP contribution in [0, 0.1) is 11.7 Å². The third-order valence-corrected chi connectivity index (χ3v) is 7.58. The minimum absolute atomic E-state index is 0.0331. The summed E-state index contributed by atoms with van der Waals surface area (Å²) in [4.78, 5) is 35.1. The third kappa shape index (κ3) is 6.18. The maximum absolute atomic E-state index is 13.6. The number of ether oxygens (including phenoxy) is 1. The first-order chi connectivity index (χ1) is 20.3. The maximum Gasteiger partial charge on any atom is 0.389 e. The van der Waals surface area contributed by atoms with Crippen molar-refractivity contribution in [2.75, 3.05) is 14.2 Å². The molecule has 3 heterocycles. The Morgan fingerprint density at radius 3 is 2.42 bits per heavy atom. The van der Waals surface area contributed by atoms with E-state index in [1.54, 1.807) is 0 Å². The van der Waals surface area contributed by atoms with Crippen LogP contribution >= 0.6 is 0 Å². The van der Waals surface area contributed by atoms with Gasteiger partial charge in [-0.3, -0.25) is 9.59 Å². The minimum atomic E-state index is -4.47. The molecule has 0 spiro atoms. The van der Waals surface area contributed by atoms with Crippen molar-refractivity contribution in [2.45, 2.75) is 51.2 Å². The third-order valence-electron chi connectivity index (χ3n) is 7.58.